The number of hydrogen-bond acceptors (Lipinski definition) is 3. The van der Waals surface area contributed by atoms with Gasteiger partial charge in [0.1, 0.15) is 5.82 Å². The molecule has 1 fully saturated rings. The summed E-state index contributed by atoms with van der Waals surface area (Å²) in [5.41, 5.74) is 4.39. The molecular formula is C21H22N4O2. The van der Waals surface area contributed by atoms with Crippen molar-refractivity contribution in [2.24, 2.45) is 0 Å². The Balaban J connectivity index is 1.41. The quantitative estimate of drug-likeness (QED) is 0.629. The van der Waals surface area contributed by atoms with Crippen LogP contribution in [-0.4, -0.2) is 27.8 Å². The van der Waals surface area contributed by atoms with Crippen molar-refractivity contribution in [1.82, 2.24) is 15.3 Å². The van der Waals surface area contributed by atoms with E-state index < -0.39 is 0 Å². The number of rotatable bonds is 6. The molecule has 0 aliphatic heterocycles. The van der Waals surface area contributed by atoms with Gasteiger partial charge < -0.3 is 15.6 Å². The fourth-order valence-corrected chi connectivity index (χ4v) is 3.04. The van der Waals surface area contributed by atoms with Gasteiger partial charge in [-0.15, -0.1) is 0 Å². The highest BCUT2D eigenvalue weighted by molar-refractivity contribution is 5.97. The average molecular weight is 362 g/mol. The van der Waals surface area contributed by atoms with Crippen LogP contribution in [0.2, 0.25) is 0 Å². The van der Waals surface area contributed by atoms with Gasteiger partial charge in [0.25, 0.3) is 5.91 Å². The summed E-state index contributed by atoms with van der Waals surface area (Å²) in [5, 5.41) is 5.77. The molecule has 2 aromatic carbocycles. The van der Waals surface area contributed by atoms with Gasteiger partial charge in [-0.2, -0.15) is 0 Å². The van der Waals surface area contributed by atoms with Gasteiger partial charge in [0, 0.05) is 30.6 Å². The molecule has 0 spiro atoms. The van der Waals surface area contributed by atoms with E-state index in [1.807, 2.05) is 42.5 Å². The molecule has 1 aliphatic rings. The highest BCUT2D eigenvalue weighted by atomic mass is 16.2. The molecule has 6 heteroatoms. The summed E-state index contributed by atoms with van der Waals surface area (Å²) in [6.45, 7) is 1.50. The van der Waals surface area contributed by atoms with Crippen molar-refractivity contribution in [3.8, 4) is 0 Å². The molecule has 3 aromatic rings. The van der Waals surface area contributed by atoms with Gasteiger partial charge in [-0.25, -0.2) is 4.98 Å². The Kier molecular flexibility index (Phi) is 4.62. The van der Waals surface area contributed by atoms with E-state index in [1.54, 1.807) is 0 Å². The van der Waals surface area contributed by atoms with Gasteiger partial charge in [0.15, 0.2) is 0 Å². The Bertz CT molecular complexity index is 987. The molecule has 3 N–H and O–H groups in total. The molecule has 2 amide bonds. The van der Waals surface area contributed by atoms with Crippen LogP contribution in [0.4, 0.5) is 5.69 Å². The monoisotopic (exact) mass is 362 g/mol. The second kappa shape index (κ2) is 7.23. The van der Waals surface area contributed by atoms with Crippen molar-refractivity contribution in [3.05, 3.63) is 59.4 Å². The van der Waals surface area contributed by atoms with Crippen molar-refractivity contribution < 1.29 is 9.59 Å². The number of carbonyl (C=O) groups is 2. The molecule has 1 heterocycles. The first kappa shape index (κ1) is 17.3. The van der Waals surface area contributed by atoms with Crippen LogP contribution in [0.15, 0.2) is 42.5 Å². The maximum absolute atomic E-state index is 12.2. The van der Waals surface area contributed by atoms with Crippen LogP contribution in [0, 0.1) is 0 Å². The van der Waals surface area contributed by atoms with Crippen molar-refractivity contribution in [3.63, 3.8) is 0 Å². The Morgan fingerprint density at radius 1 is 1.11 bits per heavy atom. The third-order valence-electron chi connectivity index (χ3n) is 4.63. The molecule has 6 nitrogen and oxygen atoms in total. The zero-order valence-corrected chi connectivity index (χ0v) is 15.2. The van der Waals surface area contributed by atoms with Gasteiger partial charge in [-0.05, 0) is 55.2 Å². The SMILES string of the molecule is CC(=O)Nc1ccc(CCc2nc3ccc(C(=O)NC4CC4)cc3[nH]2)cc1. The lowest BCUT2D eigenvalue weighted by atomic mass is 10.1. The largest absolute Gasteiger partial charge is 0.349 e. The summed E-state index contributed by atoms with van der Waals surface area (Å²) in [6, 6.07) is 13.8. The Morgan fingerprint density at radius 2 is 1.89 bits per heavy atom. The minimum atomic E-state index is -0.0739. The number of aromatic amines is 1. The minimum absolute atomic E-state index is 0.0187. The molecule has 4 rings (SSSR count). The number of amides is 2. The molecule has 0 saturated heterocycles. The highest BCUT2D eigenvalue weighted by Crippen LogP contribution is 2.20. The van der Waals surface area contributed by atoms with Crippen molar-refractivity contribution in [1.29, 1.82) is 0 Å². The molecule has 27 heavy (non-hydrogen) atoms. The number of hydrogen-bond donors (Lipinski definition) is 3. The van der Waals surface area contributed by atoms with Gasteiger partial charge in [-0.3, -0.25) is 9.59 Å². The lowest BCUT2D eigenvalue weighted by Gasteiger charge is -2.04. The maximum atomic E-state index is 12.2. The standard InChI is InChI=1S/C21H22N4O2/c1-13(26)22-16-6-2-14(3-7-16)4-11-20-24-18-10-5-15(12-19(18)25-20)21(27)23-17-8-9-17/h2-3,5-7,10,12,17H,4,8-9,11H2,1H3,(H,22,26)(H,23,27)(H,24,25). The molecule has 1 aromatic heterocycles. The van der Waals surface area contributed by atoms with Crippen LogP contribution < -0.4 is 10.6 Å². The number of nitrogens with zero attached hydrogens (tertiary/aromatic N) is 1. The van der Waals surface area contributed by atoms with Crippen LogP contribution in [0.25, 0.3) is 11.0 Å². The van der Waals surface area contributed by atoms with E-state index in [2.05, 4.69) is 20.6 Å². The van der Waals surface area contributed by atoms with Crippen molar-refractivity contribution in [2.75, 3.05) is 5.32 Å². The molecule has 0 radical (unpaired) electrons. The maximum Gasteiger partial charge on any atom is 0.251 e. The van der Waals surface area contributed by atoms with E-state index in [0.29, 0.717) is 11.6 Å². The van der Waals surface area contributed by atoms with Crippen molar-refractivity contribution in [2.45, 2.75) is 38.6 Å². The van der Waals surface area contributed by atoms with E-state index in [1.165, 1.54) is 12.5 Å². The predicted octanol–water partition coefficient (Wildman–Crippen LogP) is 3.20. The number of fused-ring (bicyclic) bond motifs is 1. The average Bonchev–Trinajstić information content (AvgIpc) is 3.36. The Hall–Kier alpha value is -3.15. The first-order valence-corrected chi connectivity index (χ1v) is 9.23. The summed E-state index contributed by atoms with van der Waals surface area (Å²) < 4.78 is 0. The Morgan fingerprint density at radius 3 is 2.59 bits per heavy atom. The third-order valence-corrected chi connectivity index (χ3v) is 4.63. The number of benzene rings is 2. The third kappa shape index (κ3) is 4.34. The van der Waals surface area contributed by atoms with E-state index in [-0.39, 0.29) is 11.8 Å². The summed E-state index contributed by atoms with van der Waals surface area (Å²) in [5.74, 6) is 0.806. The van der Waals surface area contributed by atoms with Crippen LogP contribution >= 0.6 is 0 Å². The normalized spacial score (nSPS) is 13.5. The number of nitrogens with one attached hydrogen (secondary N) is 3. The molecule has 0 atom stereocenters. The molecule has 1 aliphatic carbocycles. The number of H-pyrrole nitrogens is 1. The summed E-state index contributed by atoms with van der Waals surface area (Å²) in [6.07, 6.45) is 3.77. The van der Waals surface area contributed by atoms with Gasteiger partial charge in [-0.1, -0.05) is 12.1 Å². The van der Waals surface area contributed by atoms with E-state index in [0.717, 1.165) is 48.2 Å². The zero-order chi connectivity index (χ0) is 18.8. The number of imidazole rings is 1. The predicted molar refractivity (Wildman–Crippen MR) is 105 cm³/mol. The summed E-state index contributed by atoms with van der Waals surface area (Å²) >= 11 is 0. The number of carbonyl (C=O) groups excluding carboxylic acids is 2. The second-order valence-corrected chi connectivity index (χ2v) is 7.04. The number of aryl methyl sites for hydroxylation is 2. The molecule has 1 saturated carbocycles. The van der Waals surface area contributed by atoms with Crippen LogP contribution in [0.5, 0.6) is 0 Å². The molecule has 0 bridgehead atoms. The topological polar surface area (TPSA) is 86.9 Å². The molecular weight excluding hydrogens is 340 g/mol. The Labute approximate surface area is 157 Å². The fourth-order valence-electron chi connectivity index (χ4n) is 3.04. The molecule has 0 unspecified atom stereocenters. The smallest absolute Gasteiger partial charge is 0.251 e. The second-order valence-electron chi connectivity index (χ2n) is 7.04. The van der Waals surface area contributed by atoms with E-state index in [9.17, 15) is 9.59 Å². The fraction of sp³-hybridized carbons (Fsp3) is 0.286. The lowest BCUT2D eigenvalue weighted by molar-refractivity contribution is -0.114. The number of anilines is 1. The van der Waals surface area contributed by atoms with Gasteiger partial charge >= 0.3 is 0 Å². The minimum Gasteiger partial charge on any atom is -0.349 e. The summed E-state index contributed by atoms with van der Waals surface area (Å²) in [7, 11) is 0. The van der Waals surface area contributed by atoms with Gasteiger partial charge in [0.05, 0.1) is 11.0 Å². The molecule has 138 valence electrons. The summed E-state index contributed by atoms with van der Waals surface area (Å²) in [4.78, 5) is 31.2. The van der Waals surface area contributed by atoms with Crippen LogP contribution in [-0.2, 0) is 17.6 Å². The first-order chi connectivity index (χ1) is 13.1. The first-order valence-electron chi connectivity index (χ1n) is 9.23. The zero-order valence-electron chi connectivity index (χ0n) is 15.2. The van der Waals surface area contributed by atoms with E-state index in [4.69, 9.17) is 0 Å². The number of aromatic nitrogens is 2. The highest BCUT2D eigenvalue weighted by Gasteiger charge is 2.23. The van der Waals surface area contributed by atoms with Crippen molar-refractivity contribution >= 4 is 28.5 Å². The van der Waals surface area contributed by atoms with E-state index >= 15 is 0 Å². The van der Waals surface area contributed by atoms with Crippen LogP contribution in [0.1, 0.15) is 41.5 Å². The van der Waals surface area contributed by atoms with Gasteiger partial charge in [0.2, 0.25) is 5.91 Å². The van der Waals surface area contributed by atoms with Crippen LogP contribution in [0.3, 0.4) is 0 Å². The lowest BCUT2D eigenvalue weighted by Crippen LogP contribution is -2.25.